The molecule has 2 heterocycles. The molecule has 3 aromatic rings. The lowest BCUT2D eigenvalue weighted by atomic mass is 10.1. The SMILES string of the molecule is Cc1ccc2c(CC(=O)Nc3cccc(N4CCOC4=O)c3)coc2c1. The first kappa shape index (κ1) is 16.2. The van der Waals surface area contributed by atoms with Gasteiger partial charge in [-0.25, -0.2) is 4.79 Å². The first-order valence-electron chi connectivity index (χ1n) is 8.41. The van der Waals surface area contributed by atoms with Gasteiger partial charge in [0.2, 0.25) is 5.91 Å². The van der Waals surface area contributed by atoms with Gasteiger partial charge in [0.1, 0.15) is 12.2 Å². The number of furan rings is 1. The minimum absolute atomic E-state index is 0.144. The Labute approximate surface area is 150 Å². The van der Waals surface area contributed by atoms with Crippen LogP contribution in [-0.2, 0) is 16.0 Å². The number of cyclic esters (lactones) is 1. The van der Waals surface area contributed by atoms with Crippen molar-refractivity contribution in [3.8, 4) is 0 Å². The Balaban J connectivity index is 1.48. The monoisotopic (exact) mass is 350 g/mol. The fourth-order valence-electron chi connectivity index (χ4n) is 3.09. The van der Waals surface area contributed by atoms with E-state index < -0.39 is 0 Å². The third kappa shape index (κ3) is 3.13. The molecule has 0 saturated carbocycles. The summed E-state index contributed by atoms with van der Waals surface area (Å²) in [6.07, 6.45) is 1.47. The summed E-state index contributed by atoms with van der Waals surface area (Å²) in [7, 11) is 0. The molecular formula is C20H18N2O4. The van der Waals surface area contributed by atoms with Gasteiger partial charge in [0.25, 0.3) is 0 Å². The van der Waals surface area contributed by atoms with Crippen LogP contribution in [0.5, 0.6) is 0 Å². The molecule has 1 aromatic heterocycles. The van der Waals surface area contributed by atoms with E-state index in [9.17, 15) is 9.59 Å². The molecule has 1 aliphatic heterocycles. The lowest BCUT2D eigenvalue weighted by Gasteiger charge is -2.14. The first-order chi connectivity index (χ1) is 12.6. The van der Waals surface area contributed by atoms with Crippen LogP contribution in [0.15, 0.2) is 53.1 Å². The molecule has 0 aliphatic carbocycles. The predicted molar refractivity (Wildman–Crippen MR) is 98.4 cm³/mol. The molecule has 6 nitrogen and oxygen atoms in total. The molecule has 26 heavy (non-hydrogen) atoms. The van der Waals surface area contributed by atoms with Crippen molar-refractivity contribution in [2.45, 2.75) is 13.3 Å². The van der Waals surface area contributed by atoms with Crippen LogP contribution in [0.25, 0.3) is 11.0 Å². The number of carbonyl (C=O) groups is 2. The number of ether oxygens (including phenoxy) is 1. The van der Waals surface area contributed by atoms with Crippen molar-refractivity contribution in [2.75, 3.05) is 23.4 Å². The number of rotatable bonds is 4. The van der Waals surface area contributed by atoms with Gasteiger partial charge in [0.05, 0.1) is 19.2 Å². The fraction of sp³-hybridized carbons (Fsp3) is 0.200. The number of hydrogen-bond acceptors (Lipinski definition) is 4. The molecule has 0 bridgehead atoms. The van der Waals surface area contributed by atoms with E-state index in [1.54, 1.807) is 29.4 Å². The van der Waals surface area contributed by atoms with E-state index in [1.807, 2.05) is 31.2 Å². The summed E-state index contributed by atoms with van der Waals surface area (Å²) in [4.78, 5) is 25.6. The molecule has 1 aliphatic rings. The molecule has 1 fully saturated rings. The largest absolute Gasteiger partial charge is 0.464 e. The number of aryl methyl sites for hydroxylation is 1. The zero-order valence-corrected chi connectivity index (χ0v) is 14.3. The highest BCUT2D eigenvalue weighted by Gasteiger charge is 2.23. The average Bonchev–Trinajstić information content (AvgIpc) is 3.21. The molecule has 0 radical (unpaired) electrons. The van der Waals surface area contributed by atoms with Crippen molar-refractivity contribution in [3.63, 3.8) is 0 Å². The average molecular weight is 350 g/mol. The molecule has 0 atom stereocenters. The Morgan fingerprint density at radius 1 is 1.23 bits per heavy atom. The van der Waals surface area contributed by atoms with Gasteiger partial charge in [-0.05, 0) is 36.8 Å². The molecule has 0 unspecified atom stereocenters. The third-order valence-corrected chi connectivity index (χ3v) is 4.36. The molecule has 132 valence electrons. The number of carbonyl (C=O) groups excluding carboxylic acids is 2. The summed E-state index contributed by atoms with van der Waals surface area (Å²) < 4.78 is 10.5. The summed E-state index contributed by atoms with van der Waals surface area (Å²) in [5.41, 5.74) is 4.07. The highest BCUT2D eigenvalue weighted by atomic mass is 16.6. The van der Waals surface area contributed by atoms with Crippen molar-refractivity contribution in [3.05, 3.63) is 59.9 Å². The van der Waals surface area contributed by atoms with Gasteiger partial charge in [0, 0.05) is 22.3 Å². The van der Waals surface area contributed by atoms with Crippen LogP contribution in [0.4, 0.5) is 16.2 Å². The van der Waals surface area contributed by atoms with Gasteiger partial charge in [-0.3, -0.25) is 9.69 Å². The first-order valence-corrected chi connectivity index (χ1v) is 8.41. The van der Waals surface area contributed by atoms with Gasteiger partial charge < -0.3 is 14.5 Å². The lowest BCUT2D eigenvalue weighted by molar-refractivity contribution is -0.115. The maximum absolute atomic E-state index is 12.4. The number of nitrogens with zero attached hydrogens (tertiary/aromatic N) is 1. The van der Waals surface area contributed by atoms with Gasteiger partial charge >= 0.3 is 6.09 Å². The summed E-state index contributed by atoms with van der Waals surface area (Å²) in [5.74, 6) is -0.144. The summed E-state index contributed by atoms with van der Waals surface area (Å²) >= 11 is 0. The fourth-order valence-corrected chi connectivity index (χ4v) is 3.09. The minimum atomic E-state index is -0.367. The van der Waals surface area contributed by atoms with Crippen LogP contribution in [0.2, 0.25) is 0 Å². The van der Waals surface area contributed by atoms with E-state index in [0.717, 1.165) is 22.1 Å². The summed E-state index contributed by atoms with van der Waals surface area (Å²) in [6, 6.07) is 13.1. The van der Waals surface area contributed by atoms with E-state index >= 15 is 0 Å². The minimum Gasteiger partial charge on any atom is -0.464 e. The Morgan fingerprint density at radius 3 is 2.92 bits per heavy atom. The normalized spacial score (nSPS) is 13.9. The van der Waals surface area contributed by atoms with Crippen molar-refractivity contribution in [1.29, 1.82) is 0 Å². The summed E-state index contributed by atoms with van der Waals surface area (Å²) in [6.45, 7) is 2.89. The van der Waals surface area contributed by atoms with E-state index in [0.29, 0.717) is 24.5 Å². The maximum atomic E-state index is 12.4. The van der Waals surface area contributed by atoms with E-state index in [4.69, 9.17) is 9.15 Å². The number of anilines is 2. The van der Waals surface area contributed by atoms with Crippen molar-refractivity contribution in [1.82, 2.24) is 0 Å². The van der Waals surface area contributed by atoms with E-state index in [-0.39, 0.29) is 18.4 Å². The molecular weight excluding hydrogens is 332 g/mol. The molecule has 1 saturated heterocycles. The number of fused-ring (bicyclic) bond motifs is 1. The Bertz CT molecular complexity index is 992. The Morgan fingerprint density at radius 2 is 2.12 bits per heavy atom. The van der Waals surface area contributed by atoms with Crippen LogP contribution in [0, 0.1) is 6.92 Å². The number of nitrogens with one attached hydrogen (secondary N) is 1. The van der Waals surface area contributed by atoms with Crippen molar-refractivity contribution in [2.24, 2.45) is 0 Å². The van der Waals surface area contributed by atoms with Crippen LogP contribution in [-0.4, -0.2) is 25.2 Å². The van der Waals surface area contributed by atoms with Crippen LogP contribution in [0.3, 0.4) is 0 Å². The van der Waals surface area contributed by atoms with Crippen LogP contribution in [0.1, 0.15) is 11.1 Å². The predicted octanol–water partition coefficient (Wildman–Crippen LogP) is 3.88. The van der Waals surface area contributed by atoms with Gasteiger partial charge in [-0.15, -0.1) is 0 Å². The molecule has 2 amide bonds. The standard InChI is InChI=1S/C20H18N2O4/c1-13-5-6-17-14(12-26-18(17)9-13)10-19(23)21-15-3-2-4-16(11-15)22-7-8-25-20(22)24/h2-6,9,11-12H,7-8,10H2,1H3,(H,21,23). The Kier molecular flexibility index (Phi) is 4.08. The topological polar surface area (TPSA) is 71.8 Å². The van der Waals surface area contributed by atoms with E-state index in [2.05, 4.69) is 5.32 Å². The second-order valence-electron chi connectivity index (χ2n) is 6.30. The van der Waals surface area contributed by atoms with Crippen LogP contribution >= 0.6 is 0 Å². The van der Waals surface area contributed by atoms with E-state index in [1.165, 1.54) is 0 Å². The van der Waals surface area contributed by atoms with Crippen molar-refractivity contribution < 1.29 is 18.7 Å². The van der Waals surface area contributed by atoms with Crippen molar-refractivity contribution >= 4 is 34.3 Å². The smallest absolute Gasteiger partial charge is 0.414 e. The second-order valence-corrected chi connectivity index (χ2v) is 6.30. The lowest BCUT2D eigenvalue weighted by Crippen LogP contribution is -2.23. The highest BCUT2D eigenvalue weighted by molar-refractivity contribution is 5.96. The quantitative estimate of drug-likeness (QED) is 0.775. The molecule has 2 aromatic carbocycles. The van der Waals surface area contributed by atoms with Gasteiger partial charge in [0.15, 0.2) is 0 Å². The number of hydrogen-bond donors (Lipinski definition) is 1. The molecule has 4 rings (SSSR count). The maximum Gasteiger partial charge on any atom is 0.414 e. The zero-order chi connectivity index (χ0) is 18.1. The zero-order valence-electron chi connectivity index (χ0n) is 14.3. The molecule has 6 heteroatoms. The number of amides is 2. The summed E-state index contributed by atoms with van der Waals surface area (Å²) in [5, 5.41) is 3.82. The Hall–Kier alpha value is -3.28. The van der Waals surface area contributed by atoms with Gasteiger partial charge in [-0.1, -0.05) is 18.2 Å². The second kappa shape index (κ2) is 6.55. The highest BCUT2D eigenvalue weighted by Crippen LogP contribution is 2.25. The number of benzene rings is 2. The van der Waals surface area contributed by atoms with Crippen LogP contribution < -0.4 is 10.2 Å². The molecule has 0 spiro atoms. The third-order valence-electron chi connectivity index (χ3n) is 4.36. The van der Waals surface area contributed by atoms with Gasteiger partial charge in [-0.2, -0.15) is 0 Å². The molecule has 1 N–H and O–H groups in total.